The van der Waals surface area contributed by atoms with E-state index in [1.807, 2.05) is 6.08 Å². The molecule has 1 saturated carbocycles. The number of allylic oxidation sites excluding steroid dienone is 1. The zero-order chi connectivity index (χ0) is 20.3. The second-order valence-corrected chi connectivity index (χ2v) is 8.70. The van der Waals surface area contributed by atoms with Crippen molar-refractivity contribution in [3.05, 3.63) is 83.4 Å². The highest BCUT2D eigenvalue weighted by Crippen LogP contribution is 2.34. The Morgan fingerprint density at radius 2 is 1.31 bits per heavy atom. The molecule has 2 aromatic rings. The summed E-state index contributed by atoms with van der Waals surface area (Å²) in [5.74, 6) is 8.53. The Hall–Kier alpha value is -2.26. The number of unbranched alkanes of at least 4 members (excludes halogenated alkanes) is 1. The maximum atomic E-state index is 3.79. The summed E-state index contributed by atoms with van der Waals surface area (Å²) in [5.41, 5.74) is 4.90. The van der Waals surface area contributed by atoms with Crippen LogP contribution in [0.1, 0.15) is 80.5 Å². The molecule has 1 aliphatic carbocycles. The molecule has 152 valence electrons. The lowest BCUT2D eigenvalue weighted by molar-refractivity contribution is 0.250. The van der Waals surface area contributed by atoms with E-state index >= 15 is 0 Å². The molecule has 0 aromatic heterocycles. The van der Waals surface area contributed by atoms with E-state index in [-0.39, 0.29) is 0 Å². The summed E-state index contributed by atoms with van der Waals surface area (Å²) in [7, 11) is 0. The minimum Gasteiger partial charge on any atom is -0.103 e. The Morgan fingerprint density at radius 1 is 0.793 bits per heavy atom. The molecule has 0 amide bonds. The van der Waals surface area contributed by atoms with Crippen LogP contribution in [0.5, 0.6) is 0 Å². The molecule has 1 aliphatic rings. The summed E-state index contributed by atoms with van der Waals surface area (Å²) in [6.45, 7) is 6.10. The highest BCUT2D eigenvalue weighted by atomic mass is 14.3. The minimum absolute atomic E-state index is 0.912. The van der Waals surface area contributed by atoms with Crippen molar-refractivity contribution in [3.8, 4) is 11.8 Å². The molecule has 0 saturated heterocycles. The van der Waals surface area contributed by atoms with Gasteiger partial charge in [-0.15, -0.1) is 6.58 Å². The van der Waals surface area contributed by atoms with Crippen LogP contribution in [-0.4, -0.2) is 0 Å². The zero-order valence-electron chi connectivity index (χ0n) is 18.1. The van der Waals surface area contributed by atoms with E-state index in [9.17, 15) is 0 Å². The van der Waals surface area contributed by atoms with Crippen molar-refractivity contribution in [3.63, 3.8) is 0 Å². The topological polar surface area (TPSA) is 0 Å². The summed E-state index contributed by atoms with van der Waals surface area (Å²) in [6.07, 6.45) is 15.5. The Labute approximate surface area is 178 Å². The number of hydrogen-bond acceptors (Lipinski definition) is 0. The highest BCUT2D eigenvalue weighted by Gasteiger charge is 2.20. The van der Waals surface area contributed by atoms with E-state index in [2.05, 4.69) is 73.9 Å². The van der Waals surface area contributed by atoms with Gasteiger partial charge < -0.3 is 0 Å². The van der Waals surface area contributed by atoms with Crippen LogP contribution in [-0.2, 0) is 12.8 Å². The van der Waals surface area contributed by atoms with E-state index < -0.39 is 0 Å². The third-order valence-corrected chi connectivity index (χ3v) is 6.41. The van der Waals surface area contributed by atoms with E-state index in [0.717, 1.165) is 29.4 Å². The fraction of sp³-hybridized carbons (Fsp3) is 0.448. The van der Waals surface area contributed by atoms with Gasteiger partial charge in [0.1, 0.15) is 0 Å². The van der Waals surface area contributed by atoms with Crippen molar-refractivity contribution >= 4 is 0 Å². The molecule has 1 fully saturated rings. The fourth-order valence-electron chi connectivity index (χ4n) is 4.46. The Kier molecular flexibility index (Phi) is 8.63. The number of hydrogen-bond donors (Lipinski definition) is 0. The lowest BCUT2D eigenvalue weighted by atomic mass is 9.78. The van der Waals surface area contributed by atoms with Crippen LogP contribution < -0.4 is 0 Å². The van der Waals surface area contributed by atoms with Gasteiger partial charge in [0.05, 0.1) is 0 Å². The van der Waals surface area contributed by atoms with Crippen LogP contribution >= 0.6 is 0 Å². The van der Waals surface area contributed by atoms with Crippen LogP contribution in [0, 0.1) is 23.7 Å². The Bertz CT molecular complexity index is 790. The first kappa shape index (κ1) is 21.4. The third kappa shape index (κ3) is 7.25. The van der Waals surface area contributed by atoms with Gasteiger partial charge in [-0.05, 0) is 66.5 Å². The maximum absolute atomic E-state index is 3.79. The standard InChI is InChI=1S/C29H36/c1-3-5-7-25-10-14-27(15-11-25)17-19-29-22-20-28(21-23-29)18-16-26-12-8-24(6-4-2)9-13-26/h4,8-9,12-13,20-23,25,27H,2-3,5-7,10-11,14-15,17,19H2,1H3. The summed E-state index contributed by atoms with van der Waals surface area (Å²) >= 11 is 0. The van der Waals surface area contributed by atoms with Crippen LogP contribution in [0.25, 0.3) is 0 Å². The van der Waals surface area contributed by atoms with E-state index in [1.54, 1.807) is 0 Å². The normalized spacial score (nSPS) is 18.7. The fourth-order valence-corrected chi connectivity index (χ4v) is 4.46. The lowest BCUT2D eigenvalue weighted by Gasteiger charge is -2.28. The van der Waals surface area contributed by atoms with E-state index in [1.165, 1.54) is 68.9 Å². The summed E-state index contributed by atoms with van der Waals surface area (Å²) in [5, 5.41) is 0. The van der Waals surface area contributed by atoms with E-state index in [4.69, 9.17) is 0 Å². The molecule has 0 atom stereocenters. The summed E-state index contributed by atoms with van der Waals surface area (Å²) in [6, 6.07) is 17.3. The van der Waals surface area contributed by atoms with Gasteiger partial charge in [0.25, 0.3) is 0 Å². The van der Waals surface area contributed by atoms with Gasteiger partial charge in [-0.25, -0.2) is 0 Å². The van der Waals surface area contributed by atoms with Gasteiger partial charge in [0, 0.05) is 11.1 Å². The van der Waals surface area contributed by atoms with Gasteiger partial charge in [-0.1, -0.05) is 94.1 Å². The summed E-state index contributed by atoms with van der Waals surface area (Å²) < 4.78 is 0. The monoisotopic (exact) mass is 384 g/mol. The lowest BCUT2D eigenvalue weighted by Crippen LogP contribution is -2.15. The minimum atomic E-state index is 0.912. The molecule has 0 spiro atoms. The molecule has 0 aliphatic heterocycles. The zero-order valence-corrected chi connectivity index (χ0v) is 18.1. The average molecular weight is 385 g/mol. The largest absolute Gasteiger partial charge is 0.103 e. The second kappa shape index (κ2) is 11.7. The molecule has 0 heterocycles. The first-order chi connectivity index (χ1) is 14.3. The highest BCUT2D eigenvalue weighted by molar-refractivity contribution is 5.44. The van der Waals surface area contributed by atoms with Gasteiger partial charge in [-0.2, -0.15) is 0 Å². The Morgan fingerprint density at radius 3 is 1.83 bits per heavy atom. The molecular weight excluding hydrogens is 348 g/mol. The molecule has 0 unspecified atom stereocenters. The maximum Gasteiger partial charge on any atom is 0.0249 e. The first-order valence-corrected chi connectivity index (χ1v) is 11.6. The van der Waals surface area contributed by atoms with Gasteiger partial charge in [0.15, 0.2) is 0 Å². The van der Waals surface area contributed by atoms with Crippen LogP contribution in [0.2, 0.25) is 0 Å². The van der Waals surface area contributed by atoms with Crippen LogP contribution in [0.3, 0.4) is 0 Å². The number of benzene rings is 2. The second-order valence-electron chi connectivity index (χ2n) is 8.70. The van der Waals surface area contributed by atoms with Crippen molar-refractivity contribution in [2.45, 2.75) is 71.1 Å². The van der Waals surface area contributed by atoms with Crippen molar-refractivity contribution < 1.29 is 0 Å². The van der Waals surface area contributed by atoms with Crippen LogP contribution in [0.15, 0.2) is 61.2 Å². The van der Waals surface area contributed by atoms with Crippen molar-refractivity contribution in [2.75, 3.05) is 0 Å². The molecule has 0 radical (unpaired) electrons. The van der Waals surface area contributed by atoms with Crippen molar-refractivity contribution in [2.24, 2.45) is 11.8 Å². The molecular formula is C29H36. The molecule has 2 aromatic carbocycles. The first-order valence-electron chi connectivity index (χ1n) is 11.6. The number of aryl methyl sites for hydroxylation is 1. The smallest absolute Gasteiger partial charge is 0.0249 e. The molecule has 0 N–H and O–H groups in total. The predicted octanol–water partition coefficient (Wildman–Crippen LogP) is 7.74. The van der Waals surface area contributed by atoms with Crippen molar-refractivity contribution in [1.29, 1.82) is 0 Å². The van der Waals surface area contributed by atoms with Gasteiger partial charge in [-0.3, -0.25) is 0 Å². The predicted molar refractivity (Wildman–Crippen MR) is 126 cm³/mol. The van der Waals surface area contributed by atoms with E-state index in [0.29, 0.717) is 0 Å². The molecule has 0 heteroatoms. The molecule has 0 nitrogen and oxygen atoms in total. The number of rotatable bonds is 8. The van der Waals surface area contributed by atoms with Crippen LogP contribution in [0.4, 0.5) is 0 Å². The Balaban J connectivity index is 1.44. The third-order valence-electron chi connectivity index (χ3n) is 6.41. The summed E-state index contributed by atoms with van der Waals surface area (Å²) in [4.78, 5) is 0. The van der Waals surface area contributed by atoms with Gasteiger partial charge >= 0.3 is 0 Å². The quantitative estimate of drug-likeness (QED) is 0.322. The molecule has 0 bridgehead atoms. The van der Waals surface area contributed by atoms with Crippen molar-refractivity contribution in [1.82, 2.24) is 0 Å². The molecule has 3 rings (SSSR count). The molecule has 29 heavy (non-hydrogen) atoms. The SMILES string of the molecule is C=CCc1ccc(C#Cc2ccc(CCC3CCC(CCCC)CC3)cc2)cc1. The average Bonchev–Trinajstić information content (AvgIpc) is 2.77. The van der Waals surface area contributed by atoms with Gasteiger partial charge in [0.2, 0.25) is 0 Å².